The Balaban J connectivity index is 1.69. The maximum Gasteiger partial charge on any atom is 0.273 e. The van der Waals surface area contributed by atoms with Crippen molar-refractivity contribution in [2.75, 3.05) is 19.7 Å². The van der Waals surface area contributed by atoms with E-state index in [1.54, 1.807) is 0 Å². The number of carbonyl (C=O) groups excluding carboxylic acids is 1. The Bertz CT molecular complexity index is 619. The van der Waals surface area contributed by atoms with Crippen molar-refractivity contribution in [3.8, 4) is 0 Å². The highest BCUT2D eigenvalue weighted by Gasteiger charge is 2.54. The molecule has 7 nitrogen and oxygen atoms in total. The van der Waals surface area contributed by atoms with Crippen LogP contribution in [0.5, 0.6) is 0 Å². The molecule has 146 valence electrons. The van der Waals surface area contributed by atoms with Crippen molar-refractivity contribution in [1.29, 1.82) is 0 Å². The minimum absolute atomic E-state index is 0.0323. The SMILES string of the molecule is CCOC1CC(NC(=O)c2nnn(C3CCNCC3)c2C)C1(CC)CC. The molecular weight excluding hydrogens is 330 g/mol. The van der Waals surface area contributed by atoms with Crippen LogP contribution in [0.4, 0.5) is 0 Å². The lowest BCUT2D eigenvalue weighted by Gasteiger charge is -2.55. The Morgan fingerprint density at radius 1 is 1.31 bits per heavy atom. The van der Waals surface area contributed by atoms with Gasteiger partial charge in [0.15, 0.2) is 5.69 Å². The number of hydrogen-bond acceptors (Lipinski definition) is 5. The van der Waals surface area contributed by atoms with Gasteiger partial charge < -0.3 is 15.4 Å². The summed E-state index contributed by atoms with van der Waals surface area (Å²) in [6.07, 6.45) is 5.17. The molecule has 7 heteroatoms. The van der Waals surface area contributed by atoms with Gasteiger partial charge in [-0.15, -0.1) is 5.10 Å². The fraction of sp³-hybridized carbons (Fsp3) is 0.842. The Labute approximate surface area is 156 Å². The predicted octanol–water partition coefficient (Wildman–Crippen LogP) is 2.22. The Hall–Kier alpha value is -1.47. The van der Waals surface area contributed by atoms with Gasteiger partial charge in [0.05, 0.1) is 17.8 Å². The van der Waals surface area contributed by atoms with Gasteiger partial charge in [0.1, 0.15) is 0 Å². The molecule has 26 heavy (non-hydrogen) atoms. The van der Waals surface area contributed by atoms with Crippen LogP contribution < -0.4 is 10.6 Å². The molecule has 1 saturated carbocycles. The number of carbonyl (C=O) groups is 1. The zero-order valence-electron chi connectivity index (χ0n) is 16.5. The third-order valence-electron chi connectivity index (χ3n) is 6.57. The van der Waals surface area contributed by atoms with Crippen LogP contribution in [0, 0.1) is 12.3 Å². The molecule has 2 aliphatic rings. The molecule has 0 spiro atoms. The van der Waals surface area contributed by atoms with Crippen LogP contribution >= 0.6 is 0 Å². The lowest BCUT2D eigenvalue weighted by molar-refractivity contribution is -0.134. The van der Waals surface area contributed by atoms with Crippen molar-refractivity contribution in [2.45, 2.75) is 78.0 Å². The number of rotatable bonds is 7. The number of amides is 1. The number of aromatic nitrogens is 3. The molecule has 1 aromatic rings. The molecular formula is C19H33N5O2. The fourth-order valence-corrected chi connectivity index (χ4v) is 4.76. The van der Waals surface area contributed by atoms with E-state index in [0.29, 0.717) is 11.7 Å². The summed E-state index contributed by atoms with van der Waals surface area (Å²) in [6, 6.07) is 0.478. The highest BCUT2D eigenvalue weighted by Crippen LogP contribution is 2.49. The van der Waals surface area contributed by atoms with Gasteiger partial charge in [-0.05, 0) is 59.0 Å². The van der Waals surface area contributed by atoms with E-state index in [1.165, 1.54) is 0 Å². The first-order chi connectivity index (χ1) is 12.6. The number of piperidine rings is 1. The maximum absolute atomic E-state index is 12.9. The van der Waals surface area contributed by atoms with Crippen LogP contribution in [0.25, 0.3) is 0 Å². The first-order valence-electron chi connectivity index (χ1n) is 10.1. The van der Waals surface area contributed by atoms with Crippen LogP contribution in [0.3, 0.4) is 0 Å². The van der Waals surface area contributed by atoms with Gasteiger partial charge in [-0.25, -0.2) is 4.68 Å². The number of ether oxygens (including phenoxy) is 1. The Morgan fingerprint density at radius 3 is 2.62 bits per heavy atom. The standard InChI is InChI=1S/C19H33N5O2/c1-5-19(6-2)15(12-16(19)26-7-3)21-18(25)17-13(4)24(23-22-17)14-8-10-20-11-9-14/h14-16,20H,5-12H2,1-4H3,(H,21,25). The van der Waals surface area contributed by atoms with Gasteiger partial charge >= 0.3 is 0 Å². The maximum atomic E-state index is 12.9. The molecule has 0 radical (unpaired) electrons. The minimum Gasteiger partial charge on any atom is -0.378 e. The molecule has 1 amide bonds. The lowest BCUT2D eigenvalue weighted by Crippen LogP contribution is -2.64. The summed E-state index contributed by atoms with van der Waals surface area (Å²) in [6.45, 7) is 11.1. The average Bonchev–Trinajstić information content (AvgIpc) is 3.04. The normalized spacial score (nSPS) is 25.7. The molecule has 1 aliphatic heterocycles. The highest BCUT2D eigenvalue weighted by atomic mass is 16.5. The summed E-state index contributed by atoms with van der Waals surface area (Å²) in [5.41, 5.74) is 1.36. The molecule has 2 N–H and O–H groups in total. The zero-order chi connectivity index (χ0) is 18.7. The van der Waals surface area contributed by atoms with E-state index in [4.69, 9.17) is 4.74 Å². The van der Waals surface area contributed by atoms with Crippen LogP contribution in [-0.4, -0.2) is 52.7 Å². The molecule has 0 aromatic carbocycles. The lowest BCUT2D eigenvalue weighted by atomic mass is 9.58. The summed E-state index contributed by atoms with van der Waals surface area (Å²) in [4.78, 5) is 12.9. The van der Waals surface area contributed by atoms with E-state index >= 15 is 0 Å². The van der Waals surface area contributed by atoms with Crippen LogP contribution in [0.15, 0.2) is 0 Å². The van der Waals surface area contributed by atoms with Gasteiger partial charge in [-0.2, -0.15) is 0 Å². The summed E-state index contributed by atoms with van der Waals surface area (Å²) in [5, 5.41) is 15.1. The van der Waals surface area contributed by atoms with Gasteiger partial charge in [-0.3, -0.25) is 4.79 Å². The third-order valence-corrected chi connectivity index (χ3v) is 6.57. The van der Waals surface area contributed by atoms with Gasteiger partial charge in [0, 0.05) is 18.1 Å². The fourth-order valence-electron chi connectivity index (χ4n) is 4.76. The van der Waals surface area contributed by atoms with Gasteiger partial charge in [0.2, 0.25) is 0 Å². The predicted molar refractivity (Wildman–Crippen MR) is 100 cm³/mol. The molecule has 1 aliphatic carbocycles. The van der Waals surface area contributed by atoms with Crippen molar-refractivity contribution in [1.82, 2.24) is 25.6 Å². The summed E-state index contributed by atoms with van der Waals surface area (Å²) >= 11 is 0. The van der Waals surface area contributed by atoms with Crippen molar-refractivity contribution in [3.63, 3.8) is 0 Å². The highest BCUT2D eigenvalue weighted by molar-refractivity contribution is 5.93. The smallest absolute Gasteiger partial charge is 0.273 e. The zero-order valence-corrected chi connectivity index (χ0v) is 16.5. The average molecular weight is 364 g/mol. The first-order valence-corrected chi connectivity index (χ1v) is 10.1. The van der Waals surface area contributed by atoms with Crippen LogP contribution in [-0.2, 0) is 4.74 Å². The monoisotopic (exact) mass is 363 g/mol. The van der Waals surface area contributed by atoms with Gasteiger partial charge in [-0.1, -0.05) is 19.1 Å². The van der Waals surface area contributed by atoms with Crippen molar-refractivity contribution < 1.29 is 9.53 Å². The van der Waals surface area contributed by atoms with Crippen molar-refractivity contribution >= 4 is 5.91 Å². The number of nitrogens with zero attached hydrogens (tertiary/aromatic N) is 3. The molecule has 1 saturated heterocycles. The summed E-state index contributed by atoms with van der Waals surface area (Å²) < 4.78 is 7.85. The molecule has 2 fully saturated rings. The molecule has 2 atom stereocenters. The molecule has 2 heterocycles. The van der Waals surface area contributed by atoms with E-state index in [-0.39, 0.29) is 23.5 Å². The van der Waals surface area contributed by atoms with E-state index in [1.807, 2.05) is 18.5 Å². The van der Waals surface area contributed by atoms with E-state index in [9.17, 15) is 4.79 Å². The van der Waals surface area contributed by atoms with Crippen LogP contribution in [0.1, 0.15) is 75.1 Å². The molecule has 3 rings (SSSR count). The van der Waals surface area contributed by atoms with E-state index in [0.717, 1.165) is 57.5 Å². The van der Waals surface area contributed by atoms with Crippen LogP contribution in [0.2, 0.25) is 0 Å². The number of hydrogen-bond donors (Lipinski definition) is 2. The summed E-state index contributed by atoms with van der Waals surface area (Å²) in [7, 11) is 0. The van der Waals surface area contributed by atoms with Crippen molar-refractivity contribution in [3.05, 3.63) is 11.4 Å². The quantitative estimate of drug-likeness (QED) is 0.776. The molecule has 1 aromatic heterocycles. The van der Waals surface area contributed by atoms with Crippen molar-refractivity contribution in [2.24, 2.45) is 5.41 Å². The Kier molecular flexibility index (Phi) is 5.97. The van der Waals surface area contributed by atoms with Gasteiger partial charge in [0.25, 0.3) is 5.91 Å². The second-order valence-corrected chi connectivity index (χ2v) is 7.60. The molecule has 2 unspecified atom stereocenters. The third kappa shape index (κ3) is 3.27. The second-order valence-electron chi connectivity index (χ2n) is 7.60. The van der Waals surface area contributed by atoms with E-state index in [2.05, 4.69) is 34.8 Å². The summed E-state index contributed by atoms with van der Waals surface area (Å²) in [5.74, 6) is -0.103. The number of nitrogens with one attached hydrogen (secondary N) is 2. The minimum atomic E-state index is -0.103. The van der Waals surface area contributed by atoms with E-state index < -0.39 is 0 Å². The second kappa shape index (κ2) is 8.05. The molecule has 0 bridgehead atoms. The topological polar surface area (TPSA) is 81.1 Å². The Morgan fingerprint density at radius 2 is 2.00 bits per heavy atom. The first kappa shape index (κ1) is 19.3. The largest absolute Gasteiger partial charge is 0.378 e.